The van der Waals surface area contributed by atoms with E-state index in [2.05, 4.69) is 19.9 Å². The van der Waals surface area contributed by atoms with Crippen LogP contribution in [0.5, 0.6) is 0 Å². The van der Waals surface area contributed by atoms with Crippen LogP contribution in [0, 0.1) is 40.4 Å². The van der Waals surface area contributed by atoms with Crippen molar-refractivity contribution in [1.82, 2.24) is 0 Å². The Morgan fingerprint density at radius 3 is 2.77 bits per heavy atom. The van der Waals surface area contributed by atoms with Crippen LogP contribution in [0.25, 0.3) is 0 Å². The Bertz CT molecular complexity index is 745. The van der Waals surface area contributed by atoms with Crippen molar-refractivity contribution >= 4 is 5.97 Å². The van der Waals surface area contributed by atoms with E-state index in [0.717, 1.165) is 44.9 Å². The SMILES string of the molecule is CCC(=O)OCCC[C@]1(O)[C@H]2C[C@H]2[C@H]2[C@@H]3CC=C4C[C@@H](O)CC[C@]4(C)[C@H]3CC[C@@]21C. The van der Waals surface area contributed by atoms with E-state index in [1.54, 1.807) is 0 Å². The van der Waals surface area contributed by atoms with E-state index in [9.17, 15) is 15.0 Å². The van der Waals surface area contributed by atoms with Crippen LogP contribution in [-0.4, -0.2) is 34.5 Å². The van der Waals surface area contributed by atoms with E-state index in [-0.39, 0.29) is 22.9 Å². The molecule has 0 unspecified atom stereocenters. The fourth-order valence-electron chi connectivity index (χ4n) is 8.88. The summed E-state index contributed by atoms with van der Waals surface area (Å²) >= 11 is 0. The lowest BCUT2D eigenvalue weighted by Gasteiger charge is -2.60. The molecular weight excluding hydrogens is 376 g/mol. The zero-order valence-corrected chi connectivity index (χ0v) is 19.0. The number of fused-ring (bicyclic) bond motifs is 7. The first kappa shape index (κ1) is 21.0. The van der Waals surface area contributed by atoms with Gasteiger partial charge in [-0.2, -0.15) is 0 Å². The molecule has 0 saturated heterocycles. The number of aliphatic hydroxyl groups is 2. The number of carbonyl (C=O) groups is 1. The van der Waals surface area contributed by atoms with Crippen LogP contribution < -0.4 is 0 Å². The van der Waals surface area contributed by atoms with Gasteiger partial charge in [-0.1, -0.05) is 32.4 Å². The molecule has 4 nitrogen and oxygen atoms in total. The van der Waals surface area contributed by atoms with Gasteiger partial charge in [-0.25, -0.2) is 0 Å². The molecule has 0 aromatic heterocycles. The summed E-state index contributed by atoms with van der Waals surface area (Å²) in [5.41, 5.74) is 1.17. The monoisotopic (exact) mass is 416 g/mol. The molecule has 0 radical (unpaired) electrons. The summed E-state index contributed by atoms with van der Waals surface area (Å²) in [6.45, 7) is 7.11. The zero-order chi connectivity index (χ0) is 21.3. The van der Waals surface area contributed by atoms with Crippen LogP contribution in [0.3, 0.4) is 0 Å². The lowest BCUT2D eigenvalue weighted by Crippen LogP contribution is -2.56. The lowest BCUT2D eigenvalue weighted by molar-refractivity contribution is -0.153. The largest absolute Gasteiger partial charge is 0.466 e. The molecule has 4 saturated carbocycles. The van der Waals surface area contributed by atoms with Crippen LogP contribution in [0.2, 0.25) is 0 Å². The number of ether oxygens (including phenoxy) is 1. The highest BCUT2D eigenvalue weighted by Crippen LogP contribution is 2.77. The first-order chi connectivity index (χ1) is 14.2. The predicted molar refractivity (Wildman–Crippen MR) is 116 cm³/mol. The van der Waals surface area contributed by atoms with Gasteiger partial charge in [-0.05, 0) is 98.2 Å². The lowest BCUT2D eigenvalue weighted by atomic mass is 9.45. The highest BCUT2D eigenvalue weighted by Gasteiger charge is 2.75. The van der Waals surface area contributed by atoms with Gasteiger partial charge in [-0.3, -0.25) is 4.79 Å². The first-order valence-corrected chi connectivity index (χ1v) is 12.5. The molecular formula is C26H40O4. The van der Waals surface area contributed by atoms with Crippen molar-refractivity contribution in [2.75, 3.05) is 6.61 Å². The second-order valence-electron chi connectivity index (χ2n) is 11.6. The maximum atomic E-state index is 12.0. The van der Waals surface area contributed by atoms with Gasteiger partial charge < -0.3 is 14.9 Å². The van der Waals surface area contributed by atoms with Gasteiger partial charge in [-0.15, -0.1) is 0 Å². The fourth-order valence-corrected chi connectivity index (χ4v) is 8.88. The van der Waals surface area contributed by atoms with Crippen LogP contribution in [-0.2, 0) is 9.53 Å². The summed E-state index contributed by atoms with van der Waals surface area (Å²) in [6, 6.07) is 0. The first-order valence-electron chi connectivity index (χ1n) is 12.5. The molecule has 0 amide bonds. The van der Waals surface area contributed by atoms with Crippen molar-refractivity contribution in [3.8, 4) is 0 Å². The van der Waals surface area contributed by atoms with Crippen LogP contribution in [0.4, 0.5) is 0 Å². The van der Waals surface area contributed by atoms with Gasteiger partial charge in [0.05, 0.1) is 18.3 Å². The normalized spacial score (nSPS) is 51.2. The van der Waals surface area contributed by atoms with Crippen molar-refractivity contribution in [2.24, 2.45) is 40.4 Å². The third kappa shape index (κ3) is 2.81. The van der Waals surface area contributed by atoms with Crippen molar-refractivity contribution in [3.63, 3.8) is 0 Å². The standard InChI is InChI=1S/C26H40O4/c1-4-22(28)30-13-5-10-26(29)21-15-19(21)23-18-7-6-16-14-17(27)8-11-24(16,2)20(18)9-12-25(23,26)3/h6,17-21,23,27,29H,4-5,7-15H2,1-3H3/t17-,18+,19+,20-,21-,23+,24-,25-,26-/m0/s1. The van der Waals surface area contributed by atoms with Crippen LogP contribution in [0.15, 0.2) is 11.6 Å². The number of hydrogen-bond donors (Lipinski definition) is 2. The summed E-state index contributed by atoms with van der Waals surface area (Å²) < 4.78 is 5.30. The van der Waals surface area contributed by atoms with E-state index in [4.69, 9.17) is 4.74 Å². The van der Waals surface area contributed by atoms with Gasteiger partial charge in [0.25, 0.3) is 0 Å². The molecule has 5 rings (SSSR count). The maximum absolute atomic E-state index is 12.0. The predicted octanol–water partition coefficient (Wildman–Crippen LogP) is 4.63. The third-order valence-electron chi connectivity index (χ3n) is 10.5. The number of carbonyl (C=O) groups excluding carboxylic acids is 1. The Morgan fingerprint density at radius 2 is 2.00 bits per heavy atom. The molecule has 2 N–H and O–H groups in total. The zero-order valence-electron chi connectivity index (χ0n) is 19.0. The molecule has 5 aliphatic rings. The fraction of sp³-hybridized carbons (Fsp3) is 0.885. The van der Waals surface area contributed by atoms with Crippen molar-refractivity contribution in [3.05, 3.63) is 11.6 Å². The molecule has 0 spiro atoms. The smallest absolute Gasteiger partial charge is 0.305 e. The third-order valence-corrected chi connectivity index (χ3v) is 10.5. The van der Waals surface area contributed by atoms with Crippen molar-refractivity contribution in [2.45, 2.75) is 96.7 Å². The second-order valence-corrected chi connectivity index (χ2v) is 11.6. The molecule has 168 valence electrons. The average molecular weight is 417 g/mol. The van der Waals surface area contributed by atoms with Gasteiger partial charge >= 0.3 is 5.97 Å². The molecule has 0 aromatic carbocycles. The number of rotatable bonds is 5. The maximum Gasteiger partial charge on any atom is 0.305 e. The molecule has 0 heterocycles. The topological polar surface area (TPSA) is 66.8 Å². The molecule has 30 heavy (non-hydrogen) atoms. The molecule has 0 bridgehead atoms. The highest BCUT2D eigenvalue weighted by molar-refractivity contribution is 5.68. The summed E-state index contributed by atoms with van der Waals surface area (Å²) in [4.78, 5) is 11.5. The van der Waals surface area contributed by atoms with Crippen molar-refractivity contribution < 1.29 is 19.7 Å². The molecule has 4 heteroatoms. The Kier molecular flexibility index (Phi) is 4.95. The Labute approximate surface area is 181 Å². The summed E-state index contributed by atoms with van der Waals surface area (Å²) in [5.74, 6) is 2.98. The van der Waals surface area contributed by atoms with Gasteiger partial charge in [0.2, 0.25) is 0 Å². The Hall–Kier alpha value is -0.870. The summed E-state index contributed by atoms with van der Waals surface area (Å²) in [6.07, 6.45) is 11.8. The van der Waals surface area contributed by atoms with E-state index >= 15 is 0 Å². The molecule has 0 aliphatic heterocycles. The second kappa shape index (κ2) is 7.07. The van der Waals surface area contributed by atoms with Crippen molar-refractivity contribution in [1.29, 1.82) is 0 Å². The number of allylic oxidation sites excluding steroid dienone is 1. The minimum absolute atomic E-state index is 0.00754. The average Bonchev–Trinajstić information content (AvgIpc) is 3.48. The molecule has 0 aromatic rings. The molecule has 9 atom stereocenters. The van der Waals surface area contributed by atoms with Gasteiger partial charge in [0.15, 0.2) is 0 Å². The van der Waals surface area contributed by atoms with Gasteiger partial charge in [0, 0.05) is 6.42 Å². The summed E-state index contributed by atoms with van der Waals surface area (Å²) in [5, 5.41) is 22.2. The Morgan fingerprint density at radius 1 is 1.20 bits per heavy atom. The van der Waals surface area contributed by atoms with Crippen LogP contribution in [0.1, 0.15) is 85.0 Å². The quantitative estimate of drug-likeness (QED) is 0.390. The van der Waals surface area contributed by atoms with Crippen LogP contribution >= 0.6 is 0 Å². The molecule has 5 aliphatic carbocycles. The number of hydrogen-bond acceptors (Lipinski definition) is 4. The number of esters is 1. The minimum Gasteiger partial charge on any atom is -0.466 e. The van der Waals surface area contributed by atoms with E-state index in [0.29, 0.717) is 42.6 Å². The van der Waals surface area contributed by atoms with E-state index in [1.165, 1.54) is 18.4 Å². The highest BCUT2D eigenvalue weighted by atomic mass is 16.5. The number of aliphatic hydroxyl groups excluding tert-OH is 1. The van der Waals surface area contributed by atoms with E-state index < -0.39 is 5.60 Å². The summed E-state index contributed by atoms with van der Waals surface area (Å²) in [7, 11) is 0. The minimum atomic E-state index is -0.598. The molecule has 4 fully saturated rings. The van der Waals surface area contributed by atoms with E-state index in [1.807, 2.05) is 6.92 Å². The Balaban J connectivity index is 1.35. The van der Waals surface area contributed by atoms with Gasteiger partial charge in [0.1, 0.15) is 0 Å².